The van der Waals surface area contributed by atoms with Gasteiger partial charge in [-0.05, 0) is 36.2 Å². The molecule has 130 valence electrons. The molecular weight excluding hydrogens is 371 g/mol. The molecule has 26 heavy (non-hydrogen) atoms. The largest absolute Gasteiger partial charge is 0.326 e. The predicted octanol–water partition coefficient (Wildman–Crippen LogP) is 4.73. The number of nitrogens with zero attached hydrogens (tertiary/aromatic N) is 3. The first-order valence-corrected chi connectivity index (χ1v) is 8.81. The topological polar surface area (TPSA) is 58.1 Å². The first-order chi connectivity index (χ1) is 12.6. The Morgan fingerprint density at radius 3 is 2.73 bits per heavy atom. The highest BCUT2D eigenvalue weighted by molar-refractivity contribution is 6.42. The number of rotatable bonds is 3. The maximum absolute atomic E-state index is 12.5. The third-order valence-corrected chi connectivity index (χ3v) is 4.97. The minimum Gasteiger partial charge on any atom is -0.326 e. The zero-order chi connectivity index (χ0) is 18.1. The van der Waals surface area contributed by atoms with E-state index in [0.29, 0.717) is 21.6 Å². The van der Waals surface area contributed by atoms with E-state index in [-0.39, 0.29) is 11.6 Å². The fourth-order valence-corrected chi connectivity index (χ4v) is 3.26. The van der Waals surface area contributed by atoms with Gasteiger partial charge in [0.2, 0.25) is 0 Å². The van der Waals surface area contributed by atoms with E-state index >= 15 is 0 Å². The summed E-state index contributed by atoms with van der Waals surface area (Å²) in [7, 11) is 0. The van der Waals surface area contributed by atoms with Crippen molar-refractivity contribution in [1.29, 1.82) is 0 Å². The molecule has 0 spiro atoms. The molecule has 2 heterocycles. The minimum atomic E-state index is -0.334. The Morgan fingerprint density at radius 2 is 1.88 bits per heavy atom. The maximum atomic E-state index is 12.5. The molecule has 1 N–H and O–H groups in total. The minimum absolute atomic E-state index is 0.283. The third kappa shape index (κ3) is 3.23. The van der Waals surface area contributed by atoms with Crippen molar-refractivity contribution in [3.8, 4) is 0 Å². The van der Waals surface area contributed by atoms with E-state index in [1.165, 1.54) is 11.9 Å². The Kier molecular flexibility index (Phi) is 4.49. The lowest BCUT2D eigenvalue weighted by molar-refractivity contribution is 0.102. The molecule has 0 radical (unpaired) electrons. The molecule has 0 aliphatic carbocycles. The van der Waals surface area contributed by atoms with E-state index in [2.05, 4.69) is 32.3 Å². The number of carbonyl (C=O) groups is 1. The van der Waals surface area contributed by atoms with Gasteiger partial charge in [0.15, 0.2) is 0 Å². The summed E-state index contributed by atoms with van der Waals surface area (Å²) in [6.07, 6.45) is 2.35. The van der Waals surface area contributed by atoms with Crippen LogP contribution in [-0.2, 0) is 6.42 Å². The number of fused-ring (bicyclic) bond motifs is 1. The Labute approximate surface area is 160 Å². The second-order valence-corrected chi connectivity index (χ2v) is 6.69. The quantitative estimate of drug-likeness (QED) is 0.708. The molecule has 5 nitrogen and oxygen atoms in total. The van der Waals surface area contributed by atoms with Gasteiger partial charge in [-0.2, -0.15) is 0 Å². The summed E-state index contributed by atoms with van der Waals surface area (Å²) >= 11 is 11.9. The normalized spacial score (nSPS) is 12.8. The van der Waals surface area contributed by atoms with Crippen LogP contribution in [0.5, 0.6) is 0 Å². The fraction of sp³-hybridized carbons (Fsp3) is 0.105. The highest BCUT2D eigenvalue weighted by Gasteiger charge is 2.22. The van der Waals surface area contributed by atoms with Gasteiger partial charge in [0.05, 0.1) is 10.0 Å². The summed E-state index contributed by atoms with van der Waals surface area (Å²) in [6.45, 7) is 0.824. The summed E-state index contributed by atoms with van der Waals surface area (Å²) in [5, 5.41) is 3.58. The Bertz CT molecular complexity index is 993. The number of para-hydroxylation sites is 1. The zero-order valence-corrected chi connectivity index (χ0v) is 15.1. The van der Waals surface area contributed by atoms with Gasteiger partial charge in [0.25, 0.3) is 5.91 Å². The molecule has 1 amide bonds. The highest BCUT2D eigenvalue weighted by atomic mass is 35.5. The van der Waals surface area contributed by atoms with Crippen molar-refractivity contribution in [2.75, 3.05) is 16.8 Å². The fourth-order valence-electron chi connectivity index (χ4n) is 2.96. The van der Waals surface area contributed by atoms with Gasteiger partial charge in [-0.1, -0.05) is 41.4 Å². The second-order valence-electron chi connectivity index (χ2n) is 5.87. The first-order valence-electron chi connectivity index (χ1n) is 8.06. The molecule has 1 aliphatic heterocycles. The van der Waals surface area contributed by atoms with Crippen LogP contribution in [0.15, 0.2) is 54.9 Å². The van der Waals surface area contributed by atoms with Crippen LogP contribution in [-0.4, -0.2) is 22.4 Å². The molecule has 0 fully saturated rings. The van der Waals surface area contributed by atoms with Crippen molar-refractivity contribution in [1.82, 2.24) is 9.97 Å². The number of benzene rings is 2. The SMILES string of the molecule is O=C(Nc1ccc(Cl)c(Cl)c1)c1cc(N2CCc3ccccc32)ncn1. The lowest BCUT2D eigenvalue weighted by Crippen LogP contribution is -2.18. The summed E-state index contributed by atoms with van der Waals surface area (Å²) < 4.78 is 0. The maximum Gasteiger partial charge on any atom is 0.274 e. The standard InChI is InChI=1S/C19H14Cl2N4O/c20-14-6-5-13(9-15(14)21)24-19(26)16-10-18(23-11-22-16)25-8-7-12-3-1-2-4-17(12)25/h1-6,9-11H,7-8H2,(H,24,26). The van der Waals surface area contributed by atoms with E-state index in [1.54, 1.807) is 24.3 Å². The predicted molar refractivity (Wildman–Crippen MR) is 104 cm³/mol. The first kappa shape index (κ1) is 16.8. The molecule has 0 atom stereocenters. The van der Waals surface area contributed by atoms with E-state index in [9.17, 15) is 4.79 Å². The van der Waals surface area contributed by atoms with Gasteiger partial charge < -0.3 is 10.2 Å². The monoisotopic (exact) mass is 384 g/mol. The molecule has 0 saturated heterocycles. The molecule has 1 aliphatic rings. The molecule has 2 aromatic carbocycles. The van der Waals surface area contributed by atoms with Crippen LogP contribution < -0.4 is 10.2 Å². The van der Waals surface area contributed by atoms with Gasteiger partial charge >= 0.3 is 0 Å². The molecular formula is C19H14Cl2N4O. The van der Waals surface area contributed by atoms with Crippen LogP contribution in [0.4, 0.5) is 17.2 Å². The number of aromatic nitrogens is 2. The summed E-state index contributed by atoms with van der Waals surface area (Å²) in [5.74, 6) is 0.365. The average Bonchev–Trinajstić information content (AvgIpc) is 3.09. The average molecular weight is 385 g/mol. The molecule has 0 saturated carbocycles. The van der Waals surface area contributed by atoms with Crippen molar-refractivity contribution in [3.63, 3.8) is 0 Å². The number of anilines is 3. The molecule has 3 aromatic rings. The number of halogens is 2. The van der Waals surface area contributed by atoms with Crippen molar-refractivity contribution in [2.45, 2.75) is 6.42 Å². The molecule has 7 heteroatoms. The van der Waals surface area contributed by atoms with E-state index in [0.717, 1.165) is 18.7 Å². The van der Waals surface area contributed by atoms with Crippen LogP contribution in [0.25, 0.3) is 0 Å². The van der Waals surface area contributed by atoms with Gasteiger partial charge in [0.1, 0.15) is 17.8 Å². The number of hydrogen-bond acceptors (Lipinski definition) is 4. The van der Waals surface area contributed by atoms with E-state index in [1.807, 2.05) is 12.1 Å². The van der Waals surface area contributed by atoms with Crippen molar-refractivity contribution in [2.24, 2.45) is 0 Å². The highest BCUT2D eigenvalue weighted by Crippen LogP contribution is 2.33. The summed E-state index contributed by atoms with van der Waals surface area (Å²) in [5.41, 5.74) is 3.22. The summed E-state index contributed by atoms with van der Waals surface area (Å²) in [6, 6.07) is 14.8. The van der Waals surface area contributed by atoms with Crippen LogP contribution in [0.2, 0.25) is 10.0 Å². The van der Waals surface area contributed by atoms with Gasteiger partial charge in [-0.25, -0.2) is 9.97 Å². The van der Waals surface area contributed by atoms with Crippen LogP contribution in [0, 0.1) is 0 Å². The van der Waals surface area contributed by atoms with Gasteiger partial charge in [-0.3, -0.25) is 4.79 Å². The number of hydrogen-bond donors (Lipinski definition) is 1. The molecule has 1 aromatic heterocycles. The van der Waals surface area contributed by atoms with Gasteiger partial charge in [-0.15, -0.1) is 0 Å². The summed E-state index contributed by atoms with van der Waals surface area (Å²) in [4.78, 5) is 23.0. The Morgan fingerprint density at radius 1 is 1.04 bits per heavy atom. The van der Waals surface area contributed by atoms with E-state index < -0.39 is 0 Å². The smallest absolute Gasteiger partial charge is 0.274 e. The Hall–Kier alpha value is -2.63. The second kappa shape index (κ2) is 6.94. The lowest BCUT2D eigenvalue weighted by Gasteiger charge is -2.18. The zero-order valence-electron chi connectivity index (χ0n) is 13.6. The van der Waals surface area contributed by atoms with Gasteiger partial charge in [0, 0.05) is 24.0 Å². The lowest BCUT2D eigenvalue weighted by atomic mass is 10.2. The molecule has 0 unspecified atom stereocenters. The Balaban J connectivity index is 1.58. The molecule has 4 rings (SSSR count). The van der Waals surface area contributed by atoms with Crippen molar-refractivity contribution in [3.05, 3.63) is 76.2 Å². The van der Waals surface area contributed by atoms with Crippen molar-refractivity contribution < 1.29 is 4.79 Å². The van der Waals surface area contributed by atoms with Crippen LogP contribution in [0.3, 0.4) is 0 Å². The van der Waals surface area contributed by atoms with E-state index in [4.69, 9.17) is 23.2 Å². The van der Waals surface area contributed by atoms with Crippen LogP contribution >= 0.6 is 23.2 Å². The van der Waals surface area contributed by atoms with Crippen LogP contribution in [0.1, 0.15) is 16.1 Å². The number of amides is 1. The van der Waals surface area contributed by atoms with Crippen molar-refractivity contribution >= 4 is 46.3 Å². The third-order valence-electron chi connectivity index (χ3n) is 4.23. The number of nitrogens with one attached hydrogen (secondary N) is 1. The number of carbonyl (C=O) groups excluding carboxylic acids is 1. The molecule has 0 bridgehead atoms.